The summed E-state index contributed by atoms with van der Waals surface area (Å²) in [6.45, 7) is 0. The molecule has 0 saturated carbocycles. The summed E-state index contributed by atoms with van der Waals surface area (Å²) in [6.07, 6.45) is -4.56. The van der Waals surface area contributed by atoms with Gasteiger partial charge in [-0.15, -0.1) is 0 Å². The SMILES string of the molecule is N#Cc1c(-n2c3ccc(-c4ccccc4)cc3c3cc(-c4ccccc4)ccc32)cc(-c2cccc(C(F)(F)F)c2)cc1-n1c2ccc(-c3ccccc3)cc2c2cc(-c3ccccc3)ccc21. The predicted molar refractivity (Wildman–Crippen MR) is 272 cm³/mol. The van der Waals surface area contributed by atoms with Gasteiger partial charge in [-0.05, 0) is 128 Å². The Hall–Kier alpha value is -8.92. The van der Waals surface area contributed by atoms with E-state index in [2.05, 4.69) is 137 Å². The monoisotopic (exact) mass is 881 g/mol. The van der Waals surface area contributed by atoms with Crippen molar-refractivity contribution < 1.29 is 13.2 Å². The highest BCUT2D eigenvalue weighted by Crippen LogP contribution is 2.44. The van der Waals surface area contributed by atoms with E-state index in [0.29, 0.717) is 28.1 Å². The summed E-state index contributed by atoms with van der Waals surface area (Å²) >= 11 is 0. The molecule has 12 aromatic rings. The number of nitriles is 1. The first kappa shape index (κ1) is 40.6. The fourth-order valence-electron chi connectivity index (χ4n) is 9.93. The first-order valence-electron chi connectivity index (χ1n) is 22.5. The molecule has 12 rings (SSSR count). The van der Waals surface area contributed by atoms with Crippen molar-refractivity contribution in [3.05, 3.63) is 242 Å². The van der Waals surface area contributed by atoms with Crippen LogP contribution in [0.15, 0.2) is 231 Å². The largest absolute Gasteiger partial charge is 0.416 e. The molecule has 0 bridgehead atoms. The third-order valence-electron chi connectivity index (χ3n) is 13.2. The molecule has 0 N–H and O–H groups in total. The molecule has 322 valence electrons. The second-order valence-corrected chi connectivity index (χ2v) is 17.1. The highest BCUT2D eigenvalue weighted by atomic mass is 19.4. The van der Waals surface area contributed by atoms with E-state index in [1.165, 1.54) is 12.1 Å². The van der Waals surface area contributed by atoms with E-state index < -0.39 is 11.7 Å². The topological polar surface area (TPSA) is 33.6 Å². The number of nitrogens with zero attached hydrogens (tertiary/aromatic N) is 3. The number of alkyl halides is 3. The maximum Gasteiger partial charge on any atom is 0.416 e. The predicted octanol–water partition coefficient (Wildman–Crippen LogP) is 17.1. The van der Waals surface area contributed by atoms with E-state index in [-0.39, 0.29) is 0 Å². The molecule has 3 nitrogen and oxygen atoms in total. The third-order valence-corrected chi connectivity index (χ3v) is 13.2. The molecule has 10 aromatic carbocycles. The van der Waals surface area contributed by atoms with Crippen molar-refractivity contribution in [1.29, 1.82) is 5.26 Å². The number of benzene rings is 10. The van der Waals surface area contributed by atoms with Crippen molar-refractivity contribution in [2.75, 3.05) is 0 Å². The van der Waals surface area contributed by atoms with Gasteiger partial charge in [-0.25, -0.2) is 0 Å². The van der Waals surface area contributed by atoms with E-state index in [4.69, 9.17) is 0 Å². The lowest BCUT2D eigenvalue weighted by molar-refractivity contribution is -0.137. The molecular weight excluding hydrogens is 844 g/mol. The molecule has 0 saturated heterocycles. The first-order valence-corrected chi connectivity index (χ1v) is 22.5. The standard InChI is InChI=1S/C62H38F3N3/c63-62(64,65)50-23-13-22-44(32-50)49-37-60(67-56-28-24-45(40-14-5-1-6-15-40)33-51(56)52-34-46(25-29-57(52)67)41-16-7-2-8-17-41)55(39-66)61(38-49)68-58-30-26-47(42-18-9-3-10-19-42)35-53(58)54-36-48(27-31-59(54)68)43-20-11-4-12-21-43/h1-38H. The van der Waals surface area contributed by atoms with E-state index in [9.17, 15) is 18.4 Å². The van der Waals surface area contributed by atoms with Crippen LogP contribution in [0.5, 0.6) is 0 Å². The van der Waals surface area contributed by atoms with Crippen molar-refractivity contribution in [1.82, 2.24) is 9.13 Å². The van der Waals surface area contributed by atoms with Crippen LogP contribution in [0.25, 0.3) is 111 Å². The molecule has 2 aromatic heterocycles. The van der Waals surface area contributed by atoms with Gasteiger partial charge in [0.25, 0.3) is 0 Å². The van der Waals surface area contributed by atoms with Crippen molar-refractivity contribution in [3.8, 4) is 73.1 Å². The Bertz CT molecular complexity index is 3520. The van der Waals surface area contributed by atoms with Gasteiger partial charge in [0.2, 0.25) is 0 Å². The minimum Gasteiger partial charge on any atom is -0.308 e. The fourth-order valence-corrected chi connectivity index (χ4v) is 9.93. The summed E-state index contributed by atoms with van der Waals surface area (Å²) in [4.78, 5) is 0. The second-order valence-electron chi connectivity index (χ2n) is 17.1. The molecule has 0 aliphatic carbocycles. The van der Waals surface area contributed by atoms with Crippen molar-refractivity contribution in [2.45, 2.75) is 6.18 Å². The van der Waals surface area contributed by atoms with Crippen LogP contribution in [0.4, 0.5) is 13.2 Å². The van der Waals surface area contributed by atoms with Gasteiger partial charge in [0, 0.05) is 21.5 Å². The Morgan fingerprint density at radius 3 is 0.926 bits per heavy atom. The molecule has 0 amide bonds. The first-order chi connectivity index (χ1) is 33.3. The van der Waals surface area contributed by atoms with Crippen molar-refractivity contribution in [3.63, 3.8) is 0 Å². The third kappa shape index (κ3) is 6.92. The summed E-state index contributed by atoms with van der Waals surface area (Å²) in [5, 5.41) is 15.6. The lowest BCUT2D eigenvalue weighted by Gasteiger charge is -2.19. The van der Waals surface area contributed by atoms with Crippen LogP contribution >= 0.6 is 0 Å². The normalized spacial score (nSPS) is 11.7. The van der Waals surface area contributed by atoms with Gasteiger partial charge in [-0.3, -0.25) is 0 Å². The van der Waals surface area contributed by atoms with Crippen LogP contribution in [0.1, 0.15) is 11.1 Å². The van der Waals surface area contributed by atoms with Crippen LogP contribution in [-0.4, -0.2) is 9.13 Å². The van der Waals surface area contributed by atoms with Crippen LogP contribution in [0.2, 0.25) is 0 Å². The molecule has 0 aliphatic rings. The van der Waals surface area contributed by atoms with E-state index in [0.717, 1.165) is 94.2 Å². The summed E-state index contributed by atoms with van der Waals surface area (Å²) in [5.74, 6) is 0. The van der Waals surface area contributed by atoms with Gasteiger partial charge < -0.3 is 9.13 Å². The fraction of sp³-hybridized carbons (Fsp3) is 0.0161. The van der Waals surface area contributed by atoms with E-state index in [1.54, 1.807) is 6.07 Å². The van der Waals surface area contributed by atoms with Gasteiger partial charge in [0.05, 0.1) is 39.0 Å². The van der Waals surface area contributed by atoms with Crippen LogP contribution in [-0.2, 0) is 6.18 Å². The van der Waals surface area contributed by atoms with Gasteiger partial charge in [-0.2, -0.15) is 18.4 Å². The Balaban J connectivity index is 1.19. The van der Waals surface area contributed by atoms with E-state index >= 15 is 0 Å². The molecule has 2 heterocycles. The van der Waals surface area contributed by atoms with Crippen LogP contribution in [0, 0.1) is 11.3 Å². The quantitative estimate of drug-likeness (QED) is 0.157. The highest BCUT2D eigenvalue weighted by molar-refractivity contribution is 6.14. The van der Waals surface area contributed by atoms with Gasteiger partial charge in [0.15, 0.2) is 0 Å². The summed E-state index contributed by atoms with van der Waals surface area (Å²) in [6, 6.07) is 78.3. The zero-order chi connectivity index (χ0) is 45.9. The number of hydrogen-bond acceptors (Lipinski definition) is 1. The highest BCUT2D eigenvalue weighted by Gasteiger charge is 2.31. The van der Waals surface area contributed by atoms with Gasteiger partial charge >= 0.3 is 6.18 Å². The Labute approximate surface area is 390 Å². The molecule has 0 atom stereocenters. The maximum absolute atomic E-state index is 14.5. The van der Waals surface area contributed by atoms with E-state index in [1.807, 2.05) is 84.9 Å². The average Bonchev–Trinajstić information content (AvgIpc) is 3.90. The molecular formula is C62H38F3N3. The summed E-state index contributed by atoms with van der Waals surface area (Å²) < 4.78 is 47.7. The summed E-state index contributed by atoms with van der Waals surface area (Å²) in [7, 11) is 0. The molecule has 0 fully saturated rings. The smallest absolute Gasteiger partial charge is 0.308 e. The zero-order valence-electron chi connectivity index (χ0n) is 36.4. The Morgan fingerprint density at radius 2 is 0.618 bits per heavy atom. The second kappa shape index (κ2) is 16.2. The number of halogens is 3. The Kier molecular flexibility index (Phi) is 9.67. The minimum atomic E-state index is -4.56. The van der Waals surface area contributed by atoms with Crippen LogP contribution < -0.4 is 0 Å². The molecule has 68 heavy (non-hydrogen) atoms. The molecule has 0 aliphatic heterocycles. The van der Waals surface area contributed by atoms with Crippen molar-refractivity contribution >= 4 is 43.6 Å². The molecule has 0 unspecified atom stereocenters. The zero-order valence-corrected chi connectivity index (χ0v) is 36.4. The van der Waals surface area contributed by atoms with Crippen molar-refractivity contribution in [2.24, 2.45) is 0 Å². The number of hydrogen-bond donors (Lipinski definition) is 0. The lowest BCUT2D eigenvalue weighted by atomic mass is 9.98. The van der Waals surface area contributed by atoms with Gasteiger partial charge in [-0.1, -0.05) is 158 Å². The minimum absolute atomic E-state index is 0.372. The number of aromatic nitrogens is 2. The number of fused-ring (bicyclic) bond motifs is 6. The molecule has 6 heteroatoms. The maximum atomic E-state index is 14.5. The van der Waals surface area contributed by atoms with Gasteiger partial charge in [0.1, 0.15) is 11.6 Å². The molecule has 0 radical (unpaired) electrons. The number of rotatable bonds is 7. The lowest BCUT2D eigenvalue weighted by Crippen LogP contribution is -2.06. The average molecular weight is 882 g/mol. The summed E-state index contributed by atoms with van der Waals surface area (Å²) in [5.41, 5.74) is 13.5. The molecule has 0 spiro atoms. The Morgan fingerprint density at radius 1 is 0.309 bits per heavy atom. The van der Waals surface area contributed by atoms with Crippen LogP contribution in [0.3, 0.4) is 0 Å².